The summed E-state index contributed by atoms with van der Waals surface area (Å²) in [5.41, 5.74) is 1.21. The number of ether oxygens (including phenoxy) is 1. The molecule has 5 heteroatoms. The molecule has 1 aliphatic heterocycles. The van der Waals surface area contributed by atoms with Gasteiger partial charge in [-0.15, -0.1) is 11.3 Å². The van der Waals surface area contributed by atoms with E-state index in [1.54, 1.807) is 7.11 Å². The van der Waals surface area contributed by atoms with E-state index in [9.17, 15) is 4.79 Å². The maximum absolute atomic E-state index is 12.5. The van der Waals surface area contributed by atoms with E-state index < -0.39 is 0 Å². The molecular weight excluding hydrogens is 296 g/mol. The van der Waals surface area contributed by atoms with Crippen molar-refractivity contribution in [3.8, 4) is 5.75 Å². The number of methoxy groups -OCH3 is 1. The Bertz CT molecular complexity index is 625. The molecule has 1 saturated heterocycles. The van der Waals surface area contributed by atoms with Crippen LogP contribution in [-0.2, 0) is 0 Å². The number of carbonyl (C=O) groups is 1. The molecule has 0 aliphatic carbocycles. The standard InChI is InChI=1S/C17H20N2O2S/c1-18-9-10-19(17(20)16-4-3-11-22-16)12-15(18)13-5-7-14(21-2)8-6-13/h3-8,11,15H,9-10,12H2,1-2H3. The van der Waals surface area contributed by atoms with Crippen LogP contribution >= 0.6 is 11.3 Å². The molecule has 1 aromatic heterocycles. The molecule has 2 aromatic rings. The molecule has 1 atom stereocenters. The Hall–Kier alpha value is -1.85. The van der Waals surface area contributed by atoms with E-state index in [2.05, 4.69) is 24.1 Å². The van der Waals surface area contributed by atoms with Crippen LogP contribution in [0.2, 0.25) is 0 Å². The zero-order valence-electron chi connectivity index (χ0n) is 12.9. The summed E-state index contributed by atoms with van der Waals surface area (Å²) in [6.45, 7) is 2.38. The van der Waals surface area contributed by atoms with Gasteiger partial charge in [0.15, 0.2) is 0 Å². The molecule has 1 aromatic carbocycles. The van der Waals surface area contributed by atoms with Crippen LogP contribution in [0.25, 0.3) is 0 Å². The second-order valence-corrected chi connectivity index (χ2v) is 6.45. The lowest BCUT2D eigenvalue weighted by molar-refractivity contribution is 0.0550. The van der Waals surface area contributed by atoms with Gasteiger partial charge in [0.1, 0.15) is 5.75 Å². The van der Waals surface area contributed by atoms with Crippen LogP contribution in [0.3, 0.4) is 0 Å². The summed E-state index contributed by atoms with van der Waals surface area (Å²) in [5, 5.41) is 1.95. The van der Waals surface area contributed by atoms with Crippen LogP contribution in [0.4, 0.5) is 0 Å². The first-order valence-corrected chi connectivity index (χ1v) is 8.24. The molecule has 2 heterocycles. The molecular formula is C17H20N2O2S. The first-order valence-electron chi connectivity index (χ1n) is 7.36. The van der Waals surface area contributed by atoms with E-state index >= 15 is 0 Å². The van der Waals surface area contributed by atoms with E-state index in [1.807, 2.05) is 34.5 Å². The summed E-state index contributed by atoms with van der Waals surface area (Å²) in [5.74, 6) is 0.996. The smallest absolute Gasteiger partial charge is 0.264 e. The number of carbonyl (C=O) groups excluding carboxylic acids is 1. The van der Waals surface area contributed by atoms with Crippen molar-refractivity contribution >= 4 is 17.2 Å². The molecule has 116 valence electrons. The van der Waals surface area contributed by atoms with Crippen molar-refractivity contribution in [1.82, 2.24) is 9.80 Å². The minimum Gasteiger partial charge on any atom is -0.497 e. The van der Waals surface area contributed by atoms with Crippen molar-refractivity contribution in [3.63, 3.8) is 0 Å². The highest BCUT2D eigenvalue weighted by atomic mass is 32.1. The van der Waals surface area contributed by atoms with E-state index in [0.29, 0.717) is 0 Å². The number of piperazine rings is 1. The molecule has 0 spiro atoms. The van der Waals surface area contributed by atoms with Gasteiger partial charge in [-0.3, -0.25) is 9.69 Å². The third-order valence-corrected chi connectivity index (χ3v) is 5.03. The van der Waals surface area contributed by atoms with Crippen LogP contribution in [0.5, 0.6) is 5.75 Å². The average molecular weight is 316 g/mol. The molecule has 1 fully saturated rings. The zero-order valence-corrected chi connectivity index (χ0v) is 13.7. The third kappa shape index (κ3) is 3.00. The quantitative estimate of drug-likeness (QED) is 0.873. The number of benzene rings is 1. The fourth-order valence-corrected chi connectivity index (χ4v) is 3.49. The Balaban J connectivity index is 1.77. The Morgan fingerprint density at radius 1 is 1.23 bits per heavy atom. The highest BCUT2D eigenvalue weighted by molar-refractivity contribution is 7.12. The van der Waals surface area contributed by atoms with Gasteiger partial charge in [-0.25, -0.2) is 0 Å². The first kappa shape index (κ1) is 15.1. The topological polar surface area (TPSA) is 32.8 Å². The lowest BCUT2D eigenvalue weighted by Gasteiger charge is -2.39. The van der Waals surface area contributed by atoms with E-state index in [-0.39, 0.29) is 11.9 Å². The van der Waals surface area contributed by atoms with Crippen LogP contribution in [0.15, 0.2) is 41.8 Å². The van der Waals surface area contributed by atoms with Crippen molar-refractivity contribution in [2.45, 2.75) is 6.04 Å². The Morgan fingerprint density at radius 2 is 2.00 bits per heavy atom. The summed E-state index contributed by atoms with van der Waals surface area (Å²) in [4.78, 5) is 17.6. The van der Waals surface area contributed by atoms with Crippen molar-refractivity contribution < 1.29 is 9.53 Å². The summed E-state index contributed by atoms with van der Waals surface area (Å²) >= 11 is 1.51. The van der Waals surface area contributed by atoms with E-state index in [1.165, 1.54) is 16.9 Å². The predicted molar refractivity (Wildman–Crippen MR) is 88.6 cm³/mol. The molecule has 1 amide bonds. The van der Waals surface area contributed by atoms with Gasteiger partial charge in [0.25, 0.3) is 5.91 Å². The third-order valence-electron chi connectivity index (χ3n) is 4.17. The molecule has 1 unspecified atom stereocenters. The van der Waals surface area contributed by atoms with Crippen LogP contribution in [0, 0.1) is 0 Å². The second-order valence-electron chi connectivity index (χ2n) is 5.50. The molecule has 0 saturated carbocycles. The van der Waals surface area contributed by atoms with Gasteiger partial charge in [-0.1, -0.05) is 18.2 Å². The number of likely N-dealkylation sites (N-methyl/N-ethyl adjacent to an activating group) is 1. The van der Waals surface area contributed by atoms with Crippen LogP contribution in [0.1, 0.15) is 21.3 Å². The number of thiophene rings is 1. The van der Waals surface area contributed by atoms with Gasteiger partial charge in [-0.2, -0.15) is 0 Å². The van der Waals surface area contributed by atoms with Crippen molar-refractivity contribution in [2.24, 2.45) is 0 Å². The highest BCUT2D eigenvalue weighted by Crippen LogP contribution is 2.27. The number of hydrogen-bond donors (Lipinski definition) is 0. The van der Waals surface area contributed by atoms with Gasteiger partial charge < -0.3 is 9.64 Å². The lowest BCUT2D eigenvalue weighted by atomic mass is 10.0. The summed E-state index contributed by atoms with van der Waals surface area (Å²) in [6, 6.07) is 12.2. The SMILES string of the molecule is COc1ccc(C2CN(C(=O)c3cccs3)CCN2C)cc1. The Kier molecular flexibility index (Phi) is 4.45. The molecule has 0 N–H and O–H groups in total. The minimum atomic E-state index is 0.140. The van der Waals surface area contributed by atoms with Gasteiger partial charge in [0, 0.05) is 19.6 Å². The molecule has 0 bridgehead atoms. The van der Waals surface area contributed by atoms with Gasteiger partial charge in [0.05, 0.1) is 18.0 Å². The molecule has 0 radical (unpaired) electrons. The van der Waals surface area contributed by atoms with Crippen molar-refractivity contribution in [3.05, 3.63) is 52.2 Å². The monoisotopic (exact) mass is 316 g/mol. The van der Waals surface area contributed by atoms with Gasteiger partial charge in [0.2, 0.25) is 0 Å². The Labute approximate surface area is 134 Å². The summed E-state index contributed by atoms with van der Waals surface area (Å²) < 4.78 is 5.21. The average Bonchev–Trinajstić information content (AvgIpc) is 3.09. The molecule has 3 rings (SSSR count). The Morgan fingerprint density at radius 3 is 2.64 bits per heavy atom. The minimum absolute atomic E-state index is 0.140. The van der Waals surface area contributed by atoms with Crippen LogP contribution < -0.4 is 4.74 Å². The molecule has 1 aliphatic rings. The fourth-order valence-electron chi connectivity index (χ4n) is 2.80. The maximum Gasteiger partial charge on any atom is 0.264 e. The second kappa shape index (κ2) is 6.50. The summed E-state index contributed by atoms with van der Waals surface area (Å²) in [6.07, 6.45) is 0. The predicted octanol–water partition coefficient (Wildman–Crippen LogP) is 2.89. The van der Waals surface area contributed by atoms with Crippen molar-refractivity contribution in [1.29, 1.82) is 0 Å². The number of amides is 1. The van der Waals surface area contributed by atoms with Gasteiger partial charge in [-0.05, 0) is 36.2 Å². The summed E-state index contributed by atoms with van der Waals surface area (Å²) in [7, 11) is 3.78. The largest absolute Gasteiger partial charge is 0.497 e. The first-order chi connectivity index (χ1) is 10.7. The molecule has 22 heavy (non-hydrogen) atoms. The lowest BCUT2D eigenvalue weighted by Crippen LogP contribution is -2.48. The van der Waals surface area contributed by atoms with Crippen molar-refractivity contribution in [2.75, 3.05) is 33.8 Å². The van der Waals surface area contributed by atoms with Crippen LogP contribution in [-0.4, -0.2) is 49.5 Å². The maximum atomic E-state index is 12.5. The normalized spacial score (nSPS) is 19.2. The van der Waals surface area contributed by atoms with E-state index in [0.717, 1.165) is 30.3 Å². The highest BCUT2D eigenvalue weighted by Gasteiger charge is 2.29. The van der Waals surface area contributed by atoms with E-state index in [4.69, 9.17) is 4.74 Å². The number of hydrogen-bond acceptors (Lipinski definition) is 4. The zero-order chi connectivity index (χ0) is 15.5. The number of rotatable bonds is 3. The fraction of sp³-hybridized carbons (Fsp3) is 0.353. The van der Waals surface area contributed by atoms with Gasteiger partial charge >= 0.3 is 0 Å². The molecule has 4 nitrogen and oxygen atoms in total. The number of nitrogens with zero attached hydrogens (tertiary/aromatic N) is 2.